The molecule has 182 valence electrons. The minimum absolute atomic E-state index is 0.262. The molecule has 10 heteroatoms. The zero-order valence-electron chi connectivity index (χ0n) is 19.7. The summed E-state index contributed by atoms with van der Waals surface area (Å²) in [6, 6.07) is 16.9. The molecule has 0 aliphatic heterocycles. The lowest BCUT2D eigenvalue weighted by atomic mass is 10.2. The van der Waals surface area contributed by atoms with E-state index in [1.807, 2.05) is 36.4 Å². The largest absolute Gasteiger partial charge is 0.497 e. The van der Waals surface area contributed by atoms with Crippen molar-refractivity contribution < 1.29 is 13.9 Å². The normalized spacial score (nSPS) is 11.1. The van der Waals surface area contributed by atoms with Gasteiger partial charge in [0.05, 0.1) is 18.5 Å². The molecule has 36 heavy (non-hydrogen) atoms. The van der Waals surface area contributed by atoms with E-state index in [0.29, 0.717) is 29.3 Å². The lowest BCUT2D eigenvalue weighted by molar-refractivity contribution is -0.122. The van der Waals surface area contributed by atoms with Gasteiger partial charge in [0.1, 0.15) is 29.0 Å². The van der Waals surface area contributed by atoms with Gasteiger partial charge in [0, 0.05) is 18.9 Å². The molecule has 0 saturated carbocycles. The maximum absolute atomic E-state index is 14.0. The van der Waals surface area contributed by atoms with Crippen LogP contribution in [0.1, 0.15) is 11.3 Å². The van der Waals surface area contributed by atoms with Crippen molar-refractivity contribution in [2.45, 2.75) is 20.0 Å². The topological polar surface area (TPSA) is 96.0 Å². The molecule has 0 aliphatic carbocycles. The molecule has 0 fully saturated rings. The number of carbonyl (C=O) groups excluding carboxylic acids is 1. The van der Waals surface area contributed by atoms with E-state index in [2.05, 4.69) is 15.5 Å². The number of hydrogen-bond donors (Lipinski definition) is 1. The van der Waals surface area contributed by atoms with Gasteiger partial charge < -0.3 is 14.6 Å². The summed E-state index contributed by atoms with van der Waals surface area (Å²) in [6.45, 7) is 1.75. The van der Waals surface area contributed by atoms with Crippen LogP contribution < -0.4 is 15.6 Å². The van der Waals surface area contributed by atoms with Crippen molar-refractivity contribution in [2.24, 2.45) is 0 Å². The second kappa shape index (κ2) is 9.49. The molecular weight excluding hydrogens is 463 g/mol. The van der Waals surface area contributed by atoms with Crippen LogP contribution in [-0.4, -0.2) is 37.1 Å². The third kappa shape index (κ3) is 4.36. The Morgan fingerprint density at radius 2 is 1.81 bits per heavy atom. The molecule has 0 atom stereocenters. The second-order valence-corrected chi connectivity index (χ2v) is 8.20. The van der Waals surface area contributed by atoms with Gasteiger partial charge in [-0.2, -0.15) is 10.2 Å². The number of nitrogens with one attached hydrogen (secondary N) is 1. The lowest BCUT2D eigenvalue weighted by Crippen LogP contribution is -2.34. The van der Waals surface area contributed by atoms with Crippen LogP contribution in [-0.2, 0) is 17.9 Å². The number of amides is 1. The summed E-state index contributed by atoms with van der Waals surface area (Å²) in [4.78, 5) is 26.2. The molecule has 3 heterocycles. The Bertz CT molecular complexity index is 1600. The number of methoxy groups -OCH3 is 1. The Labute approximate surface area is 205 Å². The SMILES string of the molecule is COc1ccc(CNC(=O)Cn2nc(C)c3nn(-c4cccc(F)c4)c(-n4cccc4)c3c2=O)cc1. The fourth-order valence-electron chi connectivity index (χ4n) is 4.01. The van der Waals surface area contributed by atoms with Crippen molar-refractivity contribution in [1.29, 1.82) is 0 Å². The van der Waals surface area contributed by atoms with E-state index in [-0.39, 0.29) is 17.8 Å². The van der Waals surface area contributed by atoms with Gasteiger partial charge >= 0.3 is 0 Å². The van der Waals surface area contributed by atoms with Gasteiger partial charge in [0.2, 0.25) is 5.91 Å². The molecular formula is C26H23FN6O3. The number of halogens is 1. The lowest BCUT2D eigenvalue weighted by Gasteiger charge is -2.10. The summed E-state index contributed by atoms with van der Waals surface area (Å²) in [5.41, 5.74) is 1.72. The molecule has 5 rings (SSSR count). The van der Waals surface area contributed by atoms with E-state index in [9.17, 15) is 14.0 Å². The molecule has 0 spiro atoms. The molecule has 0 radical (unpaired) electrons. The molecule has 5 aromatic rings. The van der Waals surface area contributed by atoms with Gasteiger partial charge in [0.15, 0.2) is 5.82 Å². The first-order chi connectivity index (χ1) is 17.4. The van der Waals surface area contributed by atoms with Crippen LogP contribution >= 0.6 is 0 Å². The van der Waals surface area contributed by atoms with Crippen LogP contribution in [0.2, 0.25) is 0 Å². The Kier molecular flexibility index (Phi) is 6.07. The van der Waals surface area contributed by atoms with Crippen molar-refractivity contribution in [3.63, 3.8) is 0 Å². The average molecular weight is 487 g/mol. The van der Waals surface area contributed by atoms with Crippen molar-refractivity contribution in [1.82, 2.24) is 29.4 Å². The van der Waals surface area contributed by atoms with Gasteiger partial charge in [-0.05, 0) is 55.0 Å². The minimum Gasteiger partial charge on any atom is -0.497 e. The van der Waals surface area contributed by atoms with Crippen molar-refractivity contribution in [3.8, 4) is 17.3 Å². The van der Waals surface area contributed by atoms with Crippen molar-refractivity contribution in [3.05, 3.63) is 100 Å². The van der Waals surface area contributed by atoms with Crippen LogP contribution in [0.4, 0.5) is 4.39 Å². The summed E-state index contributed by atoms with van der Waals surface area (Å²) in [5, 5.41) is 12.0. The highest BCUT2D eigenvalue weighted by atomic mass is 19.1. The number of rotatable bonds is 7. The molecule has 0 saturated heterocycles. The molecule has 1 N–H and O–H groups in total. The van der Waals surface area contributed by atoms with Crippen molar-refractivity contribution >= 4 is 16.8 Å². The van der Waals surface area contributed by atoms with Crippen LogP contribution in [0.3, 0.4) is 0 Å². The number of fused-ring (bicyclic) bond motifs is 1. The molecule has 3 aromatic heterocycles. The summed E-state index contributed by atoms with van der Waals surface area (Å²) >= 11 is 0. The number of hydrogen-bond acceptors (Lipinski definition) is 5. The predicted molar refractivity (Wildman–Crippen MR) is 132 cm³/mol. The monoisotopic (exact) mass is 486 g/mol. The van der Waals surface area contributed by atoms with Gasteiger partial charge in [-0.1, -0.05) is 18.2 Å². The van der Waals surface area contributed by atoms with Gasteiger partial charge in [-0.25, -0.2) is 13.8 Å². The maximum Gasteiger partial charge on any atom is 0.280 e. The highest BCUT2D eigenvalue weighted by Gasteiger charge is 2.22. The second-order valence-electron chi connectivity index (χ2n) is 8.20. The zero-order valence-corrected chi connectivity index (χ0v) is 19.7. The van der Waals surface area contributed by atoms with Crippen LogP contribution in [0.15, 0.2) is 77.9 Å². The molecule has 9 nitrogen and oxygen atoms in total. The third-order valence-electron chi connectivity index (χ3n) is 5.77. The molecule has 1 amide bonds. The summed E-state index contributed by atoms with van der Waals surface area (Å²) in [5.74, 6) is 0.371. The van der Waals surface area contributed by atoms with Crippen LogP contribution in [0.25, 0.3) is 22.4 Å². The molecule has 0 aliphatic rings. The maximum atomic E-state index is 14.0. The van der Waals surface area contributed by atoms with E-state index in [1.54, 1.807) is 43.1 Å². The Morgan fingerprint density at radius 3 is 2.50 bits per heavy atom. The Morgan fingerprint density at radius 1 is 1.06 bits per heavy atom. The summed E-state index contributed by atoms with van der Waals surface area (Å²) in [6.07, 6.45) is 3.54. The Balaban J connectivity index is 1.52. The fraction of sp³-hybridized carbons (Fsp3) is 0.154. The number of ether oxygens (including phenoxy) is 1. The van der Waals surface area contributed by atoms with Gasteiger partial charge in [-0.3, -0.25) is 9.59 Å². The average Bonchev–Trinajstić information content (AvgIpc) is 3.54. The highest BCUT2D eigenvalue weighted by Crippen LogP contribution is 2.25. The van der Waals surface area contributed by atoms with E-state index in [1.165, 1.54) is 16.8 Å². The number of aromatic nitrogens is 5. The molecule has 0 unspecified atom stereocenters. The van der Waals surface area contributed by atoms with E-state index in [0.717, 1.165) is 16.0 Å². The molecule has 2 aromatic carbocycles. The quantitative estimate of drug-likeness (QED) is 0.381. The highest BCUT2D eigenvalue weighted by molar-refractivity contribution is 5.88. The van der Waals surface area contributed by atoms with E-state index < -0.39 is 11.4 Å². The first kappa shape index (κ1) is 23.0. The first-order valence-electron chi connectivity index (χ1n) is 11.2. The van der Waals surface area contributed by atoms with Crippen LogP contribution in [0.5, 0.6) is 5.75 Å². The minimum atomic E-state index is -0.471. The number of benzene rings is 2. The van der Waals surface area contributed by atoms with E-state index in [4.69, 9.17) is 4.74 Å². The fourth-order valence-corrected chi connectivity index (χ4v) is 4.01. The number of nitrogens with zero attached hydrogens (tertiary/aromatic N) is 5. The van der Waals surface area contributed by atoms with Crippen LogP contribution in [0, 0.1) is 12.7 Å². The van der Waals surface area contributed by atoms with Gasteiger partial charge in [-0.15, -0.1) is 0 Å². The number of aryl methyl sites for hydroxylation is 1. The summed E-state index contributed by atoms with van der Waals surface area (Å²) in [7, 11) is 1.59. The van der Waals surface area contributed by atoms with Crippen molar-refractivity contribution in [2.75, 3.05) is 7.11 Å². The predicted octanol–water partition coefficient (Wildman–Crippen LogP) is 3.15. The summed E-state index contributed by atoms with van der Waals surface area (Å²) < 4.78 is 23.5. The smallest absolute Gasteiger partial charge is 0.280 e. The van der Waals surface area contributed by atoms with Gasteiger partial charge in [0.25, 0.3) is 5.56 Å². The Hall–Kier alpha value is -4.73. The van der Waals surface area contributed by atoms with E-state index >= 15 is 0 Å². The zero-order chi connectivity index (χ0) is 25.2. The first-order valence-corrected chi connectivity index (χ1v) is 11.2. The number of carbonyl (C=O) groups is 1. The molecule has 0 bridgehead atoms. The standard InChI is InChI=1S/C26H23FN6O3/c1-17-24-23(25(31-12-3-4-13-31)33(30-24)20-7-5-6-19(27)14-20)26(35)32(29-17)16-22(34)28-15-18-8-10-21(36-2)11-9-18/h3-14H,15-16H2,1-2H3,(H,28,34). The third-order valence-corrected chi connectivity index (χ3v) is 5.77.